The van der Waals surface area contributed by atoms with Gasteiger partial charge in [0.15, 0.2) is 0 Å². The zero-order chi connectivity index (χ0) is 12.5. The zero-order valence-corrected chi connectivity index (χ0v) is 10.4. The predicted octanol–water partition coefficient (Wildman–Crippen LogP) is 2.36. The van der Waals surface area contributed by atoms with Gasteiger partial charge in [-0.3, -0.25) is 4.90 Å². The smallest absolute Gasteiger partial charge is 0.410 e. The summed E-state index contributed by atoms with van der Waals surface area (Å²) in [6.07, 6.45) is 0.879. The van der Waals surface area contributed by atoms with Gasteiger partial charge in [-0.15, -0.1) is 0 Å². The third-order valence-electron chi connectivity index (χ3n) is 3.66. The van der Waals surface area contributed by atoms with Crippen LogP contribution in [0.2, 0.25) is 0 Å². The maximum atomic E-state index is 11.9. The Bertz CT molecular complexity index is 434. The third kappa shape index (κ3) is 1.77. The molecule has 4 heteroatoms. The van der Waals surface area contributed by atoms with Crippen LogP contribution in [0.25, 0.3) is 0 Å². The molecular formula is C14H17NO3. The lowest BCUT2D eigenvalue weighted by Crippen LogP contribution is -2.53. The minimum Gasteiger partial charge on any atom is -0.450 e. The van der Waals surface area contributed by atoms with E-state index >= 15 is 0 Å². The average Bonchev–Trinajstić information content (AvgIpc) is 2.68. The average molecular weight is 247 g/mol. The monoisotopic (exact) mass is 247 g/mol. The molecule has 0 bridgehead atoms. The fourth-order valence-corrected chi connectivity index (χ4v) is 2.81. The van der Waals surface area contributed by atoms with E-state index < -0.39 is 0 Å². The summed E-state index contributed by atoms with van der Waals surface area (Å²) in [5.74, 6) is 0. The fourth-order valence-electron chi connectivity index (χ4n) is 2.81. The summed E-state index contributed by atoms with van der Waals surface area (Å²) in [6, 6.07) is 10.2. The van der Waals surface area contributed by atoms with Crippen molar-refractivity contribution in [2.75, 3.05) is 13.2 Å². The van der Waals surface area contributed by atoms with E-state index in [1.54, 1.807) is 0 Å². The van der Waals surface area contributed by atoms with Gasteiger partial charge < -0.3 is 9.47 Å². The number of carbonyl (C=O) groups excluding carboxylic acids is 1. The topological polar surface area (TPSA) is 38.8 Å². The Morgan fingerprint density at radius 1 is 1.44 bits per heavy atom. The second kappa shape index (κ2) is 4.61. The number of ether oxygens (including phenoxy) is 2. The number of hydrogen-bond donors (Lipinski definition) is 0. The van der Waals surface area contributed by atoms with Crippen molar-refractivity contribution in [2.24, 2.45) is 0 Å². The van der Waals surface area contributed by atoms with Crippen molar-refractivity contribution >= 4 is 6.09 Å². The van der Waals surface area contributed by atoms with Gasteiger partial charge in [-0.2, -0.15) is 0 Å². The molecule has 4 nitrogen and oxygen atoms in total. The molecule has 0 N–H and O–H groups in total. The molecule has 0 unspecified atom stereocenters. The quantitative estimate of drug-likeness (QED) is 0.805. The van der Waals surface area contributed by atoms with Crippen LogP contribution in [0.1, 0.15) is 25.0 Å². The van der Waals surface area contributed by atoms with Crippen molar-refractivity contribution in [3.8, 4) is 0 Å². The molecule has 2 fully saturated rings. The lowest BCUT2D eigenvalue weighted by atomic mass is 9.92. The highest BCUT2D eigenvalue weighted by Crippen LogP contribution is 2.44. The van der Waals surface area contributed by atoms with Crippen LogP contribution in [0.4, 0.5) is 4.79 Å². The second-order valence-electron chi connectivity index (χ2n) is 4.68. The van der Waals surface area contributed by atoms with E-state index in [1.165, 1.54) is 0 Å². The highest BCUT2D eigenvalue weighted by Gasteiger charge is 2.52. The molecule has 0 aromatic heterocycles. The highest BCUT2D eigenvalue weighted by atomic mass is 16.6. The normalized spacial score (nSPS) is 29.6. The molecule has 1 aromatic carbocycles. The highest BCUT2D eigenvalue weighted by molar-refractivity contribution is 5.69. The molecule has 2 heterocycles. The molecule has 0 aliphatic carbocycles. The molecule has 3 atom stereocenters. The Morgan fingerprint density at radius 2 is 2.22 bits per heavy atom. The summed E-state index contributed by atoms with van der Waals surface area (Å²) in [5, 5.41) is 0. The Morgan fingerprint density at radius 3 is 2.94 bits per heavy atom. The summed E-state index contributed by atoms with van der Waals surface area (Å²) in [5.41, 5.74) is 1.13. The fraction of sp³-hybridized carbons (Fsp3) is 0.500. The molecule has 2 aliphatic heterocycles. The first-order chi connectivity index (χ1) is 8.81. The Hall–Kier alpha value is -1.55. The first-order valence-corrected chi connectivity index (χ1v) is 6.45. The van der Waals surface area contributed by atoms with E-state index in [0.29, 0.717) is 6.61 Å². The molecule has 0 saturated carbocycles. The van der Waals surface area contributed by atoms with Crippen LogP contribution in [0.15, 0.2) is 30.3 Å². The van der Waals surface area contributed by atoms with Crippen LogP contribution in [0.3, 0.4) is 0 Å². The number of hydrogen-bond acceptors (Lipinski definition) is 3. The summed E-state index contributed by atoms with van der Waals surface area (Å²) in [7, 11) is 0. The van der Waals surface area contributed by atoms with E-state index in [-0.39, 0.29) is 24.3 Å². The predicted molar refractivity (Wildman–Crippen MR) is 66.2 cm³/mol. The van der Waals surface area contributed by atoms with Crippen LogP contribution in [0, 0.1) is 0 Å². The van der Waals surface area contributed by atoms with Gasteiger partial charge in [-0.1, -0.05) is 30.3 Å². The van der Waals surface area contributed by atoms with Crippen LogP contribution >= 0.6 is 0 Å². The Labute approximate surface area is 106 Å². The van der Waals surface area contributed by atoms with E-state index in [2.05, 4.69) is 0 Å². The standard InChI is InChI=1S/C14H17NO3/c1-2-17-14(16)15-9-8-11-12(15)13(18-11)10-6-4-3-5-7-10/h3-7,11-13H,2,8-9H2,1H3/t11-,12+,13+/m0/s1. The molecule has 0 radical (unpaired) electrons. The number of nitrogens with zero attached hydrogens (tertiary/aromatic N) is 1. The molecule has 18 heavy (non-hydrogen) atoms. The number of benzene rings is 1. The van der Waals surface area contributed by atoms with E-state index in [1.807, 2.05) is 42.2 Å². The first kappa shape index (κ1) is 11.5. The molecular weight excluding hydrogens is 230 g/mol. The first-order valence-electron chi connectivity index (χ1n) is 6.45. The molecule has 2 saturated heterocycles. The van der Waals surface area contributed by atoms with E-state index in [4.69, 9.17) is 9.47 Å². The number of amides is 1. The van der Waals surface area contributed by atoms with Gasteiger partial charge in [0, 0.05) is 6.54 Å². The maximum absolute atomic E-state index is 11.9. The van der Waals surface area contributed by atoms with Crippen molar-refractivity contribution in [1.29, 1.82) is 0 Å². The number of rotatable bonds is 2. The number of carbonyl (C=O) groups is 1. The van der Waals surface area contributed by atoms with E-state index in [9.17, 15) is 4.79 Å². The Balaban J connectivity index is 1.75. The largest absolute Gasteiger partial charge is 0.450 e. The summed E-state index contributed by atoms with van der Waals surface area (Å²) < 4.78 is 11.0. The van der Waals surface area contributed by atoms with Crippen molar-refractivity contribution in [3.05, 3.63) is 35.9 Å². The SMILES string of the molecule is CCOC(=O)N1CC[C@@H]2O[C@H](c3ccccc3)[C@@H]21. The lowest BCUT2D eigenvalue weighted by Gasteiger charge is -2.43. The summed E-state index contributed by atoms with van der Waals surface area (Å²) in [4.78, 5) is 13.7. The van der Waals surface area contributed by atoms with Crippen LogP contribution in [-0.2, 0) is 9.47 Å². The van der Waals surface area contributed by atoms with Crippen molar-refractivity contribution in [1.82, 2.24) is 4.90 Å². The molecule has 1 aromatic rings. The van der Waals surface area contributed by atoms with Crippen molar-refractivity contribution in [3.63, 3.8) is 0 Å². The van der Waals surface area contributed by atoms with E-state index in [0.717, 1.165) is 18.5 Å². The van der Waals surface area contributed by atoms with Crippen molar-refractivity contribution < 1.29 is 14.3 Å². The molecule has 0 spiro atoms. The van der Waals surface area contributed by atoms with Gasteiger partial charge in [0.05, 0.1) is 18.8 Å². The zero-order valence-electron chi connectivity index (χ0n) is 10.4. The third-order valence-corrected chi connectivity index (χ3v) is 3.66. The van der Waals surface area contributed by atoms with Crippen LogP contribution < -0.4 is 0 Å². The molecule has 2 aliphatic rings. The minimum atomic E-state index is -0.214. The molecule has 3 rings (SSSR count). The number of likely N-dealkylation sites (tertiary alicyclic amines) is 1. The van der Waals surface area contributed by atoms with Gasteiger partial charge in [0.2, 0.25) is 0 Å². The second-order valence-corrected chi connectivity index (χ2v) is 4.68. The van der Waals surface area contributed by atoms with Gasteiger partial charge in [-0.05, 0) is 18.9 Å². The van der Waals surface area contributed by atoms with Crippen LogP contribution in [0.5, 0.6) is 0 Å². The van der Waals surface area contributed by atoms with Crippen LogP contribution in [-0.4, -0.2) is 36.3 Å². The number of fused-ring (bicyclic) bond motifs is 1. The Kier molecular flexibility index (Phi) is 2.96. The van der Waals surface area contributed by atoms with Crippen molar-refractivity contribution in [2.45, 2.75) is 31.6 Å². The van der Waals surface area contributed by atoms with Gasteiger partial charge >= 0.3 is 6.09 Å². The maximum Gasteiger partial charge on any atom is 0.410 e. The minimum absolute atomic E-state index is 0.00288. The summed E-state index contributed by atoms with van der Waals surface area (Å²) in [6.45, 7) is 2.98. The van der Waals surface area contributed by atoms with Gasteiger partial charge in [0.25, 0.3) is 0 Å². The van der Waals surface area contributed by atoms with Gasteiger partial charge in [-0.25, -0.2) is 4.79 Å². The molecule has 96 valence electrons. The molecule has 1 amide bonds. The van der Waals surface area contributed by atoms with Gasteiger partial charge in [0.1, 0.15) is 6.10 Å². The summed E-state index contributed by atoms with van der Waals surface area (Å²) >= 11 is 0. The lowest BCUT2D eigenvalue weighted by molar-refractivity contribution is -0.162.